The van der Waals surface area contributed by atoms with E-state index in [1.165, 1.54) is 37.9 Å². The molecule has 0 saturated carbocycles. The Hall–Kier alpha value is 0.270. The minimum absolute atomic E-state index is 0.725. The second-order valence-electron chi connectivity index (χ2n) is 5.45. The maximum Gasteiger partial charge on any atom is 0.0158 e. The van der Waals surface area contributed by atoms with E-state index in [9.17, 15) is 0 Å². The summed E-state index contributed by atoms with van der Waals surface area (Å²) in [6.45, 7) is 2.30. The van der Waals surface area contributed by atoms with Gasteiger partial charge in [-0.15, -0.1) is 0 Å². The molecule has 2 nitrogen and oxygen atoms in total. The summed E-state index contributed by atoms with van der Waals surface area (Å²) in [4.78, 5) is 2.62. The van der Waals surface area contributed by atoms with Gasteiger partial charge < -0.3 is 10.2 Å². The molecule has 94 valence electrons. The molecule has 0 aromatic rings. The molecule has 1 N–H and O–H groups in total. The highest BCUT2D eigenvalue weighted by molar-refractivity contribution is 7.98. The minimum Gasteiger partial charge on any atom is -0.310 e. The molecule has 2 heterocycles. The molecular weight excluding hydrogens is 216 g/mol. The average Bonchev–Trinajstić information content (AvgIpc) is 2.53. The first-order valence-electron chi connectivity index (χ1n) is 6.71. The molecule has 0 amide bonds. The largest absolute Gasteiger partial charge is 0.310 e. The van der Waals surface area contributed by atoms with Crippen molar-refractivity contribution in [1.29, 1.82) is 0 Å². The number of rotatable bonds is 5. The number of piperidine rings is 1. The van der Waals surface area contributed by atoms with E-state index in [0.717, 1.165) is 24.2 Å². The summed E-state index contributed by atoms with van der Waals surface area (Å²) in [5.74, 6) is 1.26. The van der Waals surface area contributed by atoms with Crippen molar-refractivity contribution in [2.24, 2.45) is 0 Å². The normalized spacial score (nSPS) is 36.6. The van der Waals surface area contributed by atoms with Crippen molar-refractivity contribution in [2.45, 2.75) is 63.2 Å². The predicted molar refractivity (Wildman–Crippen MR) is 73.2 cm³/mol. The molecule has 3 unspecified atom stereocenters. The third-order valence-corrected chi connectivity index (χ3v) is 5.17. The molecule has 2 rings (SSSR count). The van der Waals surface area contributed by atoms with Crippen LogP contribution in [0.1, 0.15) is 39.0 Å². The van der Waals surface area contributed by atoms with Crippen molar-refractivity contribution in [1.82, 2.24) is 10.2 Å². The quantitative estimate of drug-likeness (QED) is 0.797. The summed E-state index contributed by atoms with van der Waals surface area (Å²) in [6.07, 6.45) is 9.08. The second kappa shape index (κ2) is 5.74. The van der Waals surface area contributed by atoms with E-state index >= 15 is 0 Å². The van der Waals surface area contributed by atoms with E-state index < -0.39 is 0 Å². The molecule has 0 aromatic heterocycles. The molecule has 2 aliphatic rings. The lowest BCUT2D eigenvalue weighted by atomic mass is 9.97. The van der Waals surface area contributed by atoms with Gasteiger partial charge in [0, 0.05) is 29.9 Å². The predicted octanol–water partition coefficient (Wildman–Crippen LogP) is 2.34. The van der Waals surface area contributed by atoms with E-state index in [-0.39, 0.29) is 0 Å². The summed E-state index contributed by atoms with van der Waals surface area (Å²) in [7, 11) is 2.32. The Bertz CT molecular complexity index is 208. The van der Waals surface area contributed by atoms with Gasteiger partial charge in [0.15, 0.2) is 0 Å². The Balaban J connectivity index is 1.83. The molecular formula is C13H26N2S. The van der Waals surface area contributed by atoms with E-state index in [1.807, 2.05) is 11.8 Å². The van der Waals surface area contributed by atoms with Gasteiger partial charge in [-0.05, 0) is 45.4 Å². The zero-order chi connectivity index (χ0) is 11.5. The summed E-state index contributed by atoms with van der Waals surface area (Å²) in [5.41, 5.74) is 0. The van der Waals surface area contributed by atoms with E-state index in [4.69, 9.17) is 0 Å². The van der Waals surface area contributed by atoms with E-state index in [0.29, 0.717) is 0 Å². The molecule has 3 atom stereocenters. The van der Waals surface area contributed by atoms with Gasteiger partial charge >= 0.3 is 0 Å². The number of thioether (sulfide) groups is 1. The maximum atomic E-state index is 3.88. The third-order valence-electron chi connectivity index (χ3n) is 4.43. The lowest BCUT2D eigenvalue weighted by Crippen LogP contribution is -2.50. The van der Waals surface area contributed by atoms with Gasteiger partial charge in [-0.25, -0.2) is 0 Å². The fourth-order valence-corrected chi connectivity index (χ4v) is 4.10. The smallest absolute Gasteiger partial charge is 0.0158 e. The van der Waals surface area contributed by atoms with Gasteiger partial charge in [-0.1, -0.05) is 6.92 Å². The Kier molecular flexibility index (Phi) is 4.57. The third kappa shape index (κ3) is 2.74. The van der Waals surface area contributed by atoms with Crippen molar-refractivity contribution in [3.05, 3.63) is 0 Å². The average molecular weight is 242 g/mol. The molecule has 2 saturated heterocycles. The monoisotopic (exact) mass is 242 g/mol. The SMILES string of the molecule is CCC(CSC)NC1CC2CCC(C1)N2C. The summed E-state index contributed by atoms with van der Waals surface area (Å²) in [6, 6.07) is 3.24. The molecule has 0 spiro atoms. The van der Waals surface area contributed by atoms with Crippen LogP contribution in [-0.4, -0.2) is 48.1 Å². The van der Waals surface area contributed by atoms with Crippen LogP contribution in [0.2, 0.25) is 0 Å². The highest BCUT2D eigenvalue weighted by atomic mass is 32.2. The highest BCUT2D eigenvalue weighted by Gasteiger charge is 2.38. The van der Waals surface area contributed by atoms with Gasteiger partial charge in [0.25, 0.3) is 0 Å². The van der Waals surface area contributed by atoms with Crippen LogP contribution in [0.25, 0.3) is 0 Å². The van der Waals surface area contributed by atoms with Crippen LogP contribution in [0.3, 0.4) is 0 Å². The van der Waals surface area contributed by atoms with Crippen molar-refractivity contribution in [3.8, 4) is 0 Å². The zero-order valence-corrected chi connectivity index (χ0v) is 11.7. The van der Waals surface area contributed by atoms with Gasteiger partial charge in [0.1, 0.15) is 0 Å². The van der Waals surface area contributed by atoms with Gasteiger partial charge in [-0.2, -0.15) is 11.8 Å². The van der Waals surface area contributed by atoms with Crippen LogP contribution in [-0.2, 0) is 0 Å². The lowest BCUT2D eigenvalue weighted by molar-refractivity contribution is 0.144. The number of nitrogens with one attached hydrogen (secondary N) is 1. The summed E-state index contributed by atoms with van der Waals surface area (Å²) >= 11 is 1.97. The van der Waals surface area contributed by atoms with Crippen LogP contribution in [0.15, 0.2) is 0 Å². The van der Waals surface area contributed by atoms with Crippen LogP contribution >= 0.6 is 11.8 Å². The van der Waals surface area contributed by atoms with Crippen LogP contribution in [0.5, 0.6) is 0 Å². The Morgan fingerprint density at radius 1 is 1.31 bits per heavy atom. The number of hydrogen-bond donors (Lipinski definition) is 1. The van der Waals surface area contributed by atoms with Gasteiger partial charge in [-0.3, -0.25) is 0 Å². The van der Waals surface area contributed by atoms with Crippen molar-refractivity contribution >= 4 is 11.8 Å². The van der Waals surface area contributed by atoms with E-state index in [2.05, 4.69) is 30.4 Å². The van der Waals surface area contributed by atoms with Crippen LogP contribution in [0, 0.1) is 0 Å². The van der Waals surface area contributed by atoms with Crippen molar-refractivity contribution < 1.29 is 0 Å². The number of nitrogens with zero attached hydrogens (tertiary/aromatic N) is 1. The minimum atomic E-state index is 0.725. The first kappa shape index (κ1) is 12.7. The lowest BCUT2D eigenvalue weighted by Gasteiger charge is -2.38. The second-order valence-corrected chi connectivity index (χ2v) is 6.36. The zero-order valence-electron chi connectivity index (χ0n) is 10.9. The Morgan fingerprint density at radius 2 is 1.94 bits per heavy atom. The fourth-order valence-electron chi connectivity index (χ4n) is 3.37. The molecule has 2 aliphatic heterocycles. The van der Waals surface area contributed by atoms with Crippen LogP contribution in [0.4, 0.5) is 0 Å². The molecule has 0 aromatic carbocycles. The number of fused-ring (bicyclic) bond motifs is 2. The molecule has 0 radical (unpaired) electrons. The summed E-state index contributed by atoms with van der Waals surface area (Å²) < 4.78 is 0. The Morgan fingerprint density at radius 3 is 2.44 bits per heavy atom. The first-order chi connectivity index (χ1) is 7.74. The Labute approximate surface area is 105 Å². The molecule has 16 heavy (non-hydrogen) atoms. The number of hydrogen-bond acceptors (Lipinski definition) is 3. The topological polar surface area (TPSA) is 15.3 Å². The van der Waals surface area contributed by atoms with Gasteiger partial charge in [0.2, 0.25) is 0 Å². The first-order valence-corrected chi connectivity index (χ1v) is 8.10. The van der Waals surface area contributed by atoms with Gasteiger partial charge in [0.05, 0.1) is 0 Å². The maximum absolute atomic E-state index is 3.88. The molecule has 2 fully saturated rings. The molecule has 3 heteroatoms. The van der Waals surface area contributed by atoms with Crippen molar-refractivity contribution in [3.63, 3.8) is 0 Å². The summed E-state index contributed by atoms with van der Waals surface area (Å²) in [5, 5.41) is 3.88. The standard InChI is InChI=1S/C13H26N2S/c1-4-10(9-16-3)14-11-7-12-5-6-13(8-11)15(12)2/h10-14H,4-9H2,1-3H3. The molecule has 0 aliphatic carbocycles. The highest BCUT2D eigenvalue weighted by Crippen LogP contribution is 2.34. The van der Waals surface area contributed by atoms with Crippen LogP contribution < -0.4 is 5.32 Å². The van der Waals surface area contributed by atoms with Crippen molar-refractivity contribution in [2.75, 3.05) is 19.1 Å². The van der Waals surface area contributed by atoms with E-state index in [1.54, 1.807) is 0 Å². The molecule has 2 bridgehead atoms. The fraction of sp³-hybridized carbons (Fsp3) is 1.00.